The van der Waals surface area contributed by atoms with Crippen LogP contribution < -0.4 is 16.4 Å². The molecular formula is C21H25F2N5OS. The molecule has 2 atom stereocenters. The Kier molecular flexibility index (Phi) is 4.96. The highest BCUT2D eigenvalue weighted by Crippen LogP contribution is 2.50. The van der Waals surface area contributed by atoms with Gasteiger partial charge < -0.3 is 21.1 Å². The van der Waals surface area contributed by atoms with E-state index in [2.05, 4.69) is 14.9 Å². The number of hydrogen-bond acceptors (Lipinski definition) is 7. The molecule has 3 heterocycles. The van der Waals surface area contributed by atoms with Crippen LogP contribution in [0.5, 0.6) is 0 Å². The number of hydrogen-bond donors (Lipinski definition) is 2. The van der Waals surface area contributed by atoms with Gasteiger partial charge in [0.05, 0.1) is 25.6 Å². The first-order valence-corrected chi connectivity index (χ1v) is 11.0. The second-order valence-corrected chi connectivity index (χ2v) is 9.58. The number of anilines is 1. The molecule has 2 saturated heterocycles. The molecule has 0 saturated carbocycles. The highest BCUT2D eigenvalue weighted by molar-refractivity contribution is 7.99. The molecule has 5 rings (SSSR count). The maximum Gasteiger partial charge on any atom is 0.276 e. The Labute approximate surface area is 178 Å². The average molecular weight is 434 g/mol. The van der Waals surface area contributed by atoms with Crippen molar-refractivity contribution in [3.63, 3.8) is 0 Å². The molecule has 3 aliphatic rings. The molecule has 2 unspecified atom stereocenters. The zero-order valence-corrected chi connectivity index (χ0v) is 17.4. The first-order valence-electron chi connectivity index (χ1n) is 10.2. The summed E-state index contributed by atoms with van der Waals surface area (Å²) in [4.78, 5) is 11.7. The van der Waals surface area contributed by atoms with Crippen molar-refractivity contribution in [2.45, 2.75) is 47.2 Å². The molecule has 160 valence electrons. The Morgan fingerprint density at radius 3 is 2.60 bits per heavy atom. The fourth-order valence-electron chi connectivity index (χ4n) is 4.83. The zero-order chi connectivity index (χ0) is 20.9. The van der Waals surface area contributed by atoms with Crippen molar-refractivity contribution in [1.29, 1.82) is 0 Å². The SMILES string of the molecule is NC1CC(F)(F)c2c(Sc3cnc(N4CCC5(CC4)COCC5N)cn3)cccc21. The van der Waals surface area contributed by atoms with Crippen LogP contribution in [0.4, 0.5) is 14.6 Å². The van der Waals surface area contributed by atoms with Crippen molar-refractivity contribution in [3.05, 3.63) is 41.7 Å². The fraction of sp³-hybridized carbons (Fsp3) is 0.524. The van der Waals surface area contributed by atoms with Crippen LogP contribution in [0.1, 0.15) is 36.4 Å². The molecule has 9 heteroatoms. The monoisotopic (exact) mass is 433 g/mol. The standard InChI is InChI=1S/C21H25F2N5OS/c22-21(23)8-14(24)13-2-1-3-15(19(13)21)30-18-10-26-17(9-27-18)28-6-4-20(5-7-28)12-29-11-16(20)25/h1-3,9-10,14,16H,4-8,11-12,24-25H2. The summed E-state index contributed by atoms with van der Waals surface area (Å²) < 4.78 is 34.5. The summed E-state index contributed by atoms with van der Waals surface area (Å²) in [6.45, 7) is 3.08. The van der Waals surface area contributed by atoms with E-state index >= 15 is 0 Å². The largest absolute Gasteiger partial charge is 0.379 e. The lowest BCUT2D eigenvalue weighted by Gasteiger charge is -2.41. The molecule has 1 spiro atoms. The van der Waals surface area contributed by atoms with Crippen LogP contribution in [-0.2, 0) is 10.7 Å². The molecule has 0 radical (unpaired) electrons. The number of rotatable bonds is 3. The number of fused-ring (bicyclic) bond motifs is 1. The normalized spacial score (nSPS) is 26.9. The molecule has 0 bridgehead atoms. The summed E-state index contributed by atoms with van der Waals surface area (Å²) in [5, 5.41) is 0.586. The molecule has 2 aliphatic heterocycles. The topological polar surface area (TPSA) is 90.3 Å². The summed E-state index contributed by atoms with van der Waals surface area (Å²) in [7, 11) is 0. The Hall–Kier alpha value is -1.81. The van der Waals surface area contributed by atoms with Gasteiger partial charge in [-0.15, -0.1) is 0 Å². The number of aromatic nitrogens is 2. The van der Waals surface area contributed by atoms with Gasteiger partial charge >= 0.3 is 0 Å². The van der Waals surface area contributed by atoms with Crippen LogP contribution in [0.15, 0.2) is 40.5 Å². The van der Waals surface area contributed by atoms with E-state index in [1.807, 2.05) is 0 Å². The van der Waals surface area contributed by atoms with E-state index in [4.69, 9.17) is 16.2 Å². The number of ether oxygens (including phenoxy) is 1. The molecule has 2 fully saturated rings. The van der Waals surface area contributed by atoms with Crippen molar-refractivity contribution >= 4 is 17.6 Å². The lowest BCUT2D eigenvalue weighted by Crippen LogP contribution is -2.49. The summed E-state index contributed by atoms with van der Waals surface area (Å²) >= 11 is 1.21. The molecule has 1 aromatic carbocycles. The van der Waals surface area contributed by atoms with Crippen molar-refractivity contribution < 1.29 is 13.5 Å². The van der Waals surface area contributed by atoms with Gasteiger partial charge in [0.25, 0.3) is 5.92 Å². The Morgan fingerprint density at radius 1 is 1.13 bits per heavy atom. The number of nitrogens with zero attached hydrogens (tertiary/aromatic N) is 3. The Balaban J connectivity index is 1.29. The number of piperidine rings is 1. The van der Waals surface area contributed by atoms with Gasteiger partial charge in [-0.1, -0.05) is 23.9 Å². The van der Waals surface area contributed by atoms with E-state index in [0.29, 0.717) is 22.1 Å². The minimum Gasteiger partial charge on any atom is -0.379 e. The van der Waals surface area contributed by atoms with Crippen LogP contribution in [0.3, 0.4) is 0 Å². The third-order valence-corrected chi connectivity index (χ3v) is 7.67. The molecular weight excluding hydrogens is 408 g/mol. The first kappa shape index (κ1) is 20.1. The van der Waals surface area contributed by atoms with Gasteiger partial charge in [0.1, 0.15) is 10.8 Å². The molecule has 0 amide bonds. The summed E-state index contributed by atoms with van der Waals surface area (Å²) in [6, 6.07) is 4.62. The molecule has 30 heavy (non-hydrogen) atoms. The predicted octanol–water partition coefficient (Wildman–Crippen LogP) is 3.07. The van der Waals surface area contributed by atoms with E-state index in [9.17, 15) is 8.78 Å². The van der Waals surface area contributed by atoms with Gasteiger partial charge in [-0.3, -0.25) is 0 Å². The lowest BCUT2D eigenvalue weighted by atomic mass is 9.75. The van der Waals surface area contributed by atoms with E-state index in [1.54, 1.807) is 30.6 Å². The molecule has 1 aliphatic carbocycles. The zero-order valence-electron chi connectivity index (χ0n) is 16.6. The van der Waals surface area contributed by atoms with E-state index in [0.717, 1.165) is 38.4 Å². The van der Waals surface area contributed by atoms with Crippen LogP contribution in [0, 0.1) is 5.41 Å². The van der Waals surface area contributed by atoms with E-state index in [1.165, 1.54) is 11.8 Å². The maximum atomic E-state index is 14.5. The fourth-order valence-corrected chi connectivity index (χ4v) is 5.78. The lowest BCUT2D eigenvalue weighted by molar-refractivity contribution is -0.00878. The van der Waals surface area contributed by atoms with Crippen LogP contribution in [0.25, 0.3) is 0 Å². The summed E-state index contributed by atoms with van der Waals surface area (Å²) in [6.07, 6.45) is 4.96. The molecule has 1 aromatic heterocycles. The summed E-state index contributed by atoms with van der Waals surface area (Å²) in [5.41, 5.74) is 12.8. The highest BCUT2D eigenvalue weighted by atomic mass is 32.2. The van der Waals surface area contributed by atoms with Gasteiger partial charge in [-0.25, -0.2) is 18.7 Å². The van der Waals surface area contributed by atoms with E-state index in [-0.39, 0.29) is 23.4 Å². The van der Waals surface area contributed by atoms with Gasteiger partial charge in [0.2, 0.25) is 0 Å². The Morgan fingerprint density at radius 2 is 1.93 bits per heavy atom. The van der Waals surface area contributed by atoms with Gasteiger partial charge in [0, 0.05) is 47.5 Å². The minimum absolute atomic E-state index is 0.0322. The average Bonchev–Trinajstić information content (AvgIpc) is 3.20. The third kappa shape index (κ3) is 3.37. The maximum absolute atomic E-state index is 14.5. The highest BCUT2D eigenvalue weighted by Gasteiger charge is 2.46. The van der Waals surface area contributed by atoms with E-state index < -0.39 is 12.0 Å². The Bertz CT molecular complexity index is 933. The number of nitrogens with two attached hydrogens (primary N) is 2. The second-order valence-electron chi connectivity index (χ2n) is 8.52. The minimum atomic E-state index is -2.92. The van der Waals surface area contributed by atoms with Gasteiger partial charge in [-0.05, 0) is 24.5 Å². The molecule has 6 nitrogen and oxygen atoms in total. The van der Waals surface area contributed by atoms with Crippen molar-refractivity contribution in [2.75, 3.05) is 31.2 Å². The van der Waals surface area contributed by atoms with Crippen molar-refractivity contribution in [1.82, 2.24) is 9.97 Å². The van der Waals surface area contributed by atoms with Gasteiger partial charge in [-0.2, -0.15) is 0 Å². The van der Waals surface area contributed by atoms with Crippen molar-refractivity contribution in [3.8, 4) is 0 Å². The quantitative estimate of drug-likeness (QED) is 0.769. The van der Waals surface area contributed by atoms with Crippen LogP contribution >= 0.6 is 11.8 Å². The first-order chi connectivity index (χ1) is 14.4. The molecule has 2 aromatic rings. The summed E-state index contributed by atoms with van der Waals surface area (Å²) in [5.74, 6) is -2.12. The number of alkyl halides is 2. The third-order valence-electron chi connectivity index (χ3n) is 6.69. The molecule has 4 N–H and O–H groups in total. The predicted molar refractivity (Wildman–Crippen MR) is 111 cm³/mol. The van der Waals surface area contributed by atoms with Gasteiger partial charge in [0.15, 0.2) is 0 Å². The van der Waals surface area contributed by atoms with Crippen LogP contribution in [-0.4, -0.2) is 42.3 Å². The smallest absolute Gasteiger partial charge is 0.276 e. The van der Waals surface area contributed by atoms with Crippen LogP contribution in [0.2, 0.25) is 0 Å². The number of benzene rings is 1. The van der Waals surface area contributed by atoms with Crippen molar-refractivity contribution in [2.24, 2.45) is 16.9 Å². The second kappa shape index (κ2) is 7.40. The number of halogens is 2.